The second kappa shape index (κ2) is 5.54. The van der Waals surface area contributed by atoms with Crippen molar-refractivity contribution in [3.8, 4) is 5.75 Å². The van der Waals surface area contributed by atoms with Gasteiger partial charge < -0.3 is 9.84 Å². The van der Waals surface area contributed by atoms with Gasteiger partial charge in [-0.2, -0.15) is 0 Å². The third kappa shape index (κ3) is 2.81. The molecule has 0 saturated heterocycles. The summed E-state index contributed by atoms with van der Waals surface area (Å²) in [5, 5.41) is 10.3. The summed E-state index contributed by atoms with van der Waals surface area (Å²) in [7, 11) is 1.68. The normalized spacial score (nSPS) is 25.8. The highest BCUT2D eigenvalue weighted by Crippen LogP contribution is 2.35. The minimum atomic E-state index is -0.233. The van der Waals surface area contributed by atoms with Gasteiger partial charge in [0.15, 0.2) is 0 Å². The van der Waals surface area contributed by atoms with Crippen molar-refractivity contribution in [2.45, 2.75) is 38.7 Å². The van der Waals surface area contributed by atoms with E-state index in [4.69, 9.17) is 4.74 Å². The van der Waals surface area contributed by atoms with Gasteiger partial charge in [0.05, 0.1) is 13.2 Å². The predicted molar refractivity (Wildman–Crippen MR) is 69.2 cm³/mol. The molecule has 0 amide bonds. The highest BCUT2D eigenvalue weighted by molar-refractivity contribution is 5.33. The van der Waals surface area contributed by atoms with Gasteiger partial charge in [0, 0.05) is 6.42 Å². The maximum absolute atomic E-state index is 10.3. The molecule has 0 aromatic heterocycles. The van der Waals surface area contributed by atoms with Gasteiger partial charge in [0.25, 0.3) is 0 Å². The molecule has 1 aliphatic rings. The fourth-order valence-electron chi connectivity index (χ4n) is 2.99. The van der Waals surface area contributed by atoms with Crippen LogP contribution in [0.25, 0.3) is 0 Å². The number of rotatable bonds is 4. The Labute approximate surface area is 104 Å². The minimum absolute atomic E-state index is 0.233. The summed E-state index contributed by atoms with van der Waals surface area (Å²) in [6.07, 6.45) is 4.16. The van der Waals surface area contributed by atoms with Crippen molar-refractivity contribution in [3.05, 3.63) is 29.8 Å². The van der Waals surface area contributed by atoms with E-state index in [1.54, 1.807) is 7.11 Å². The van der Waals surface area contributed by atoms with Crippen LogP contribution in [0.5, 0.6) is 5.75 Å². The zero-order valence-corrected chi connectivity index (χ0v) is 10.7. The highest BCUT2D eigenvalue weighted by atomic mass is 16.5. The summed E-state index contributed by atoms with van der Waals surface area (Å²) in [4.78, 5) is 0. The van der Waals surface area contributed by atoms with Crippen LogP contribution in [-0.2, 0) is 6.42 Å². The zero-order valence-electron chi connectivity index (χ0n) is 10.7. The molecule has 0 bridgehead atoms. The lowest BCUT2D eigenvalue weighted by atomic mass is 9.88. The van der Waals surface area contributed by atoms with E-state index in [2.05, 4.69) is 6.92 Å². The molecule has 0 spiro atoms. The number of ether oxygens (including phenoxy) is 1. The molecule has 2 rings (SSSR count). The molecule has 1 aromatic rings. The maximum Gasteiger partial charge on any atom is 0.122 e. The minimum Gasteiger partial charge on any atom is -0.496 e. The van der Waals surface area contributed by atoms with Crippen molar-refractivity contribution >= 4 is 0 Å². The van der Waals surface area contributed by atoms with Crippen molar-refractivity contribution in [3.63, 3.8) is 0 Å². The van der Waals surface area contributed by atoms with Gasteiger partial charge in [-0.1, -0.05) is 38.0 Å². The van der Waals surface area contributed by atoms with E-state index in [9.17, 15) is 5.11 Å². The van der Waals surface area contributed by atoms with E-state index in [0.717, 1.165) is 17.7 Å². The van der Waals surface area contributed by atoms with Crippen LogP contribution in [0.3, 0.4) is 0 Å². The average Bonchev–Trinajstić information content (AvgIpc) is 2.76. The molecule has 0 radical (unpaired) electrons. The van der Waals surface area contributed by atoms with Gasteiger partial charge in [-0.3, -0.25) is 0 Å². The fourth-order valence-corrected chi connectivity index (χ4v) is 2.99. The summed E-state index contributed by atoms with van der Waals surface area (Å²) in [6, 6.07) is 7.97. The third-order valence-corrected chi connectivity index (χ3v) is 4.04. The van der Waals surface area contributed by atoms with Crippen LogP contribution < -0.4 is 4.74 Å². The summed E-state index contributed by atoms with van der Waals surface area (Å²) < 4.78 is 5.32. The first-order valence-corrected chi connectivity index (χ1v) is 6.52. The Morgan fingerprint density at radius 2 is 2.12 bits per heavy atom. The third-order valence-electron chi connectivity index (χ3n) is 4.04. The van der Waals surface area contributed by atoms with E-state index in [1.807, 2.05) is 24.3 Å². The topological polar surface area (TPSA) is 29.5 Å². The van der Waals surface area contributed by atoms with E-state index in [1.165, 1.54) is 12.8 Å². The SMILES string of the molecule is COc1ccccc1CC(O)C1CCCC1C. The lowest BCUT2D eigenvalue weighted by Crippen LogP contribution is -2.25. The summed E-state index contributed by atoms with van der Waals surface area (Å²) >= 11 is 0. The molecule has 2 heteroatoms. The molecule has 1 fully saturated rings. The molecule has 1 aromatic carbocycles. The largest absolute Gasteiger partial charge is 0.496 e. The first kappa shape index (κ1) is 12.4. The Balaban J connectivity index is 2.04. The van der Waals surface area contributed by atoms with E-state index in [-0.39, 0.29) is 6.10 Å². The molecule has 3 unspecified atom stereocenters. The molecule has 3 atom stereocenters. The predicted octanol–water partition coefficient (Wildman–Crippen LogP) is 3.03. The Hall–Kier alpha value is -1.02. The number of aliphatic hydroxyl groups is 1. The van der Waals surface area contributed by atoms with Gasteiger partial charge >= 0.3 is 0 Å². The molecule has 17 heavy (non-hydrogen) atoms. The van der Waals surface area contributed by atoms with Crippen LogP contribution in [0.4, 0.5) is 0 Å². The van der Waals surface area contributed by atoms with Crippen molar-refractivity contribution in [2.75, 3.05) is 7.11 Å². The fraction of sp³-hybridized carbons (Fsp3) is 0.600. The van der Waals surface area contributed by atoms with Crippen LogP contribution in [0.2, 0.25) is 0 Å². The summed E-state index contributed by atoms with van der Waals surface area (Å²) in [6.45, 7) is 2.25. The Morgan fingerprint density at radius 1 is 1.35 bits per heavy atom. The molecular weight excluding hydrogens is 212 g/mol. The lowest BCUT2D eigenvalue weighted by molar-refractivity contribution is 0.0895. The monoisotopic (exact) mass is 234 g/mol. The molecule has 2 nitrogen and oxygen atoms in total. The Kier molecular flexibility index (Phi) is 4.06. The molecule has 0 heterocycles. The Morgan fingerprint density at radius 3 is 2.76 bits per heavy atom. The van der Waals surface area contributed by atoms with Gasteiger partial charge in [-0.25, -0.2) is 0 Å². The maximum atomic E-state index is 10.3. The first-order valence-electron chi connectivity index (χ1n) is 6.52. The number of para-hydroxylation sites is 1. The lowest BCUT2D eigenvalue weighted by Gasteiger charge is -2.22. The smallest absolute Gasteiger partial charge is 0.122 e. The molecule has 94 valence electrons. The quantitative estimate of drug-likeness (QED) is 0.867. The second-order valence-corrected chi connectivity index (χ2v) is 5.16. The van der Waals surface area contributed by atoms with E-state index in [0.29, 0.717) is 18.3 Å². The molecule has 1 aliphatic carbocycles. The van der Waals surface area contributed by atoms with Crippen LogP contribution in [0.1, 0.15) is 31.7 Å². The van der Waals surface area contributed by atoms with Crippen LogP contribution in [0.15, 0.2) is 24.3 Å². The van der Waals surface area contributed by atoms with Crippen molar-refractivity contribution in [1.29, 1.82) is 0 Å². The second-order valence-electron chi connectivity index (χ2n) is 5.16. The molecule has 1 N–H and O–H groups in total. The standard InChI is InChI=1S/C15H22O2/c1-11-6-5-8-13(11)14(16)10-12-7-3-4-9-15(12)17-2/h3-4,7,9,11,13-14,16H,5-6,8,10H2,1-2H3. The number of hydrogen-bond acceptors (Lipinski definition) is 2. The van der Waals surface area contributed by atoms with Crippen molar-refractivity contribution < 1.29 is 9.84 Å². The van der Waals surface area contributed by atoms with Gasteiger partial charge in [-0.05, 0) is 29.9 Å². The number of benzene rings is 1. The molecular formula is C15H22O2. The van der Waals surface area contributed by atoms with Gasteiger partial charge in [-0.15, -0.1) is 0 Å². The molecule has 0 aliphatic heterocycles. The van der Waals surface area contributed by atoms with Gasteiger partial charge in [0.1, 0.15) is 5.75 Å². The van der Waals surface area contributed by atoms with E-state index < -0.39 is 0 Å². The molecule has 1 saturated carbocycles. The average molecular weight is 234 g/mol. The number of methoxy groups -OCH3 is 1. The highest BCUT2D eigenvalue weighted by Gasteiger charge is 2.30. The van der Waals surface area contributed by atoms with Gasteiger partial charge in [0.2, 0.25) is 0 Å². The van der Waals surface area contributed by atoms with Crippen LogP contribution in [0, 0.1) is 11.8 Å². The van der Waals surface area contributed by atoms with Crippen molar-refractivity contribution in [2.24, 2.45) is 11.8 Å². The summed E-state index contributed by atoms with van der Waals surface area (Å²) in [5.41, 5.74) is 1.11. The zero-order chi connectivity index (χ0) is 12.3. The van der Waals surface area contributed by atoms with Crippen LogP contribution >= 0.6 is 0 Å². The van der Waals surface area contributed by atoms with Crippen LogP contribution in [-0.4, -0.2) is 18.3 Å². The number of aliphatic hydroxyl groups excluding tert-OH is 1. The number of hydrogen-bond donors (Lipinski definition) is 1. The first-order chi connectivity index (χ1) is 8.22. The summed E-state index contributed by atoms with van der Waals surface area (Å²) in [5.74, 6) is 2.00. The van der Waals surface area contributed by atoms with Crippen molar-refractivity contribution in [1.82, 2.24) is 0 Å². The van der Waals surface area contributed by atoms with E-state index >= 15 is 0 Å². The Bertz CT molecular complexity index is 362.